The third-order valence-electron chi connectivity index (χ3n) is 4.57. The molecule has 11 heteroatoms. The van der Waals surface area contributed by atoms with Crippen molar-refractivity contribution in [2.45, 2.75) is 18.9 Å². The van der Waals surface area contributed by atoms with Crippen molar-refractivity contribution in [3.63, 3.8) is 0 Å². The van der Waals surface area contributed by atoms with Gasteiger partial charge in [-0.2, -0.15) is 0 Å². The predicted molar refractivity (Wildman–Crippen MR) is 96.5 cm³/mol. The first kappa shape index (κ1) is 19.1. The highest BCUT2D eigenvalue weighted by Crippen LogP contribution is 2.30. The van der Waals surface area contributed by atoms with Crippen LogP contribution in [0.2, 0.25) is 5.02 Å². The zero-order valence-corrected chi connectivity index (χ0v) is 16.3. The van der Waals surface area contributed by atoms with Gasteiger partial charge in [0.1, 0.15) is 0 Å². The van der Waals surface area contributed by atoms with Crippen LogP contribution in [0, 0.1) is 0 Å². The van der Waals surface area contributed by atoms with Crippen molar-refractivity contribution in [2.75, 3.05) is 28.6 Å². The molecule has 0 radical (unpaired) electrons. The minimum atomic E-state index is -3.72. The number of hydrogen-bond donors (Lipinski definition) is 0. The Bertz CT molecular complexity index is 989. The second-order valence-electron chi connectivity index (χ2n) is 6.36. The molecule has 2 amide bonds. The Morgan fingerprint density at radius 2 is 1.92 bits per heavy atom. The summed E-state index contributed by atoms with van der Waals surface area (Å²) in [6, 6.07) is 3.53. The lowest BCUT2D eigenvalue weighted by Crippen LogP contribution is -2.38. The number of rotatable bonds is 3. The number of hydrogen-bond acceptors (Lipinski definition) is 6. The highest BCUT2D eigenvalue weighted by atomic mass is 35.5. The predicted octanol–water partition coefficient (Wildman–Crippen LogP) is 0.666. The standard InChI is InChI=1S/C15H17ClN2O6S2/c1-17(11-4-6-25(21,22)9-11)15(20)12-3-2-10(8-13(12)16)18-14(19)5-7-26(18,23)24/h2-3,8,11H,4-7,9H2,1H3/t11-/m0/s1. The summed E-state index contributed by atoms with van der Waals surface area (Å²) in [6.07, 6.45) is 0.264. The van der Waals surface area contributed by atoms with Gasteiger partial charge in [-0.1, -0.05) is 11.6 Å². The summed E-state index contributed by atoms with van der Waals surface area (Å²) < 4.78 is 47.8. The number of halogens is 1. The van der Waals surface area contributed by atoms with Crippen molar-refractivity contribution in [3.05, 3.63) is 28.8 Å². The van der Waals surface area contributed by atoms with Crippen LogP contribution in [-0.2, 0) is 24.7 Å². The van der Waals surface area contributed by atoms with E-state index in [0.717, 1.165) is 0 Å². The average molecular weight is 421 g/mol. The van der Waals surface area contributed by atoms with Crippen LogP contribution in [0.3, 0.4) is 0 Å². The van der Waals surface area contributed by atoms with E-state index in [1.807, 2.05) is 0 Å². The Kier molecular flexibility index (Phi) is 4.78. The van der Waals surface area contributed by atoms with E-state index < -0.39 is 37.7 Å². The molecule has 26 heavy (non-hydrogen) atoms. The number of sulfone groups is 1. The monoisotopic (exact) mass is 420 g/mol. The molecule has 3 rings (SSSR count). The van der Waals surface area contributed by atoms with E-state index in [9.17, 15) is 26.4 Å². The molecule has 2 saturated heterocycles. The van der Waals surface area contributed by atoms with Crippen molar-refractivity contribution in [1.82, 2.24) is 4.90 Å². The van der Waals surface area contributed by atoms with Gasteiger partial charge in [0, 0.05) is 19.5 Å². The zero-order valence-electron chi connectivity index (χ0n) is 13.9. The normalized spacial score (nSPS) is 24.0. The Labute approximate surface area is 156 Å². The number of anilines is 1. The van der Waals surface area contributed by atoms with Crippen LogP contribution < -0.4 is 4.31 Å². The maximum absolute atomic E-state index is 12.6. The molecule has 1 aromatic carbocycles. The van der Waals surface area contributed by atoms with Gasteiger partial charge in [0.25, 0.3) is 5.91 Å². The highest BCUT2D eigenvalue weighted by Gasteiger charge is 2.37. The van der Waals surface area contributed by atoms with Crippen LogP contribution in [0.15, 0.2) is 18.2 Å². The quantitative estimate of drug-likeness (QED) is 0.710. The van der Waals surface area contributed by atoms with Crippen molar-refractivity contribution in [3.8, 4) is 0 Å². The molecule has 0 bridgehead atoms. The van der Waals surface area contributed by atoms with E-state index in [-0.39, 0.29) is 40.0 Å². The molecule has 0 aliphatic carbocycles. The van der Waals surface area contributed by atoms with Gasteiger partial charge >= 0.3 is 0 Å². The van der Waals surface area contributed by atoms with Crippen molar-refractivity contribution < 1.29 is 26.4 Å². The molecule has 1 atom stereocenters. The van der Waals surface area contributed by atoms with Crippen LogP contribution >= 0.6 is 11.6 Å². The van der Waals surface area contributed by atoms with Crippen LogP contribution in [0.5, 0.6) is 0 Å². The number of sulfonamides is 1. The zero-order chi connectivity index (χ0) is 19.3. The fourth-order valence-corrected chi connectivity index (χ4v) is 6.59. The Morgan fingerprint density at radius 3 is 2.42 bits per heavy atom. The molecule has 0 saturated carbocycles. The Morgan fingerprint density at radius 1 is 1.23 bits per heavy atom. The van der Waals surface area contributed by atoms with Gasteiger partial charge in [-0.15, -0.1) is 0 Å². The maximum Gasteiger partial charge on any atom is 0.255 e. The van der Waals surface area contributed by atoms with E-state index in [0.29, 0.717) is 10.7 Å². The molecule has 2 aliphatic heterocycles. The third kappa shape index (κ3) is 3.45. The summed E-state index contributed by atoms with van der Waals surface area (Å²) in [7, 11) is -5.35. The summed E-state index contributed by atoms with van der Waals surface area (Å²) in [5.74, 6) is -1.32. The van der Waals surface area contributed by atoms with E-state index in [2.05, 4.69) is 0 Å². The van der Waals surface area contributed by atoms with Crippen LogP contribution in [-0.4, -0.2) is 63.9 Å². The summed E-state index contributed by atoms with van der Waals surface area (Å²) in [4.78, 5) is 25.8. The molecule has 1 aromatic rings. The largest absolute Gasteiger partial charge is 0.338 e. The lowest BCUT2D eigenvalue weighted by Gasteiger charge is -2.24. The van der Waals surface area contributed by atoms with Crippen LogP contribution in [0.25, 0.3) is 0 Å². The van der Waals surface area contributed by atoms with Gasteiger partial charge in [-0.25, -0.2) is 21.1 Å². The number of nitrogens with zero attached hydrogens (tertiary/aromatic N) is 2. The Hall–Kier alpha value is -1.65. The molecule has 2 heterocycles. The first-order valence-corrected chi connectivity index (χ1v) is 11.7. The number of amides is 2. The number of carbonyl (C=O) groups is 2. The molecule has 8 nitrogen and oxygen atoms in total. The Balaban J connectivity index is 1.86. The molecule has 2 aliphatic rings. The van der Waals surface area contributed by atoms with Gasteiger partial charge in [0.2, 0.25) is 15.9 Å². The van der Waals surface area contributed by atoms with Crippen molar-refractivity contribution >= 4 is 49.0 Å². The molecule has 0 spiro atoms. The van der Waals surface area contributed by atoms with E-state index >= 15 is 0 Å². The lowest BCUT2D eigenvalue weighted by atomic mass is 10.1. The highest BCUT2D eigenvalue weighted by molar-refractivity contribution is 7.94. The fraction of sp³-hybridized carbons (Fsp3) is 0.467. The number of carbonyl (C=O) groups excluding carboxylic acids is 2. The topological polar surface area (TPSA) is 109 Å². The van der Waals surface area contributed by atoms with Gasteiger partial charge in [0.15, 0.2) is 9.84 Å². The maximum atomic E-state index is 12.6. The van der Waals surface area contributed by atoms with E-state index in [1.54, 1.807) is 0 Å². The fourth-order valence-electron chi connectivity index (χ4n) is 3.11. The minimum Gasteiger partial charge on any atom is -0.338 e. The molecule has 0 aromatic heterocycles. The molecular weight excluding hydrogens is 404 g/mol. The van der Waals surface area contributed by atoms with Gasteiger partial charge in [-0.05, 0) is 24.6 Å². The molecule has 0 N–H and O–H groups in total. The van der Waals surface area contributed by atoms with E-state index in [1.165, 1.54) is 30.1 Å². The summed E-state index contributed by atoms with van der Waals surface area (Å²) >= 11 is 6.15. The lowest BCUT2D eigenvalue weighted by molar-refractivity contribution is -0.116. The molecular formula is C15H17ClN2O6S2. The summed E-state index contributed by atoms with van der Waals surface area (Å²) in [6.45, 7) is 0. The summed E-state index contributed by atoms with van der Waals surface area (Å²) in [5, 5.41) is -0.00453. The SMILES string of the molecule is CN(C(=O)c1ccc(N2C(=O)CCS2(=O)=O)cc1Cl)[C@H]1CCS(=O)(=O)C1. The third-order valence-corrected chi connectivity index (χ3v) is 8.33. The van der Waals surface area contributed by atoms with Gasteiger partial charge < -0.3 is 4.90 Å². The summed E-state index contributed by atoms with van der Waals surface area (Å²) in [5.41, 5.74) is 0.200. The van der Waals surface area contributed by atoms with Crippen molar-refractivity contribution in [2.24, 2.45) is 0 Å². The first-order chi connectivity index (χ1) is 12.0. The van der Waals surface area contributed by atoms with E-state index in [4.69, 9.17) is 11.6 Å². The van der Waals surface area contributed by atoms with Gasteiger partial charge in [0.05, 0.1) is 33.5 Å². The van der Waals surface area contributed by atoms with Crippen LogP contribution in [0.1, 0.15) is 23.2 Å². The number of benzene rings is 1. The average Bonchev–Trinajstić information content (AvgIpc) is 3.04. The second kappa shape index (κ2) is 6.50. The smallest absolute Gasteiger partial charge is 0.255 e. The van der Waals surface area contributed by atoms with Gasteiger partial charge in [-0.3, -0.25) is 9.59 Å². The molecule has 0 unspecified atom stereocenters. The first-order valence-electron chi connectivity index (χ1n) is 7.85. The second-order valence-corrected chi connectivity index (χ2v) is 10.9. The van der Waals surface area contributed by atoms with Crippen LogP contribution in [0.4, 0.5) is 5.69 Å². The van der Waals surface area contributed by atoms with Crippen molar-refractivity contribution in [1.29, 1.82) is 0 Å². The minimum absolute atomic E-state index is 0.00453. The molecule has 2 fully saturated rings. The molecule has 142 valence electrons.